The second-order valence-electron chi connectivity index (χ2n) is 2.93. The number of carbonyl (C=O) groups is 1. The second-order valence-corrected chi connectivity index (χ2v) is 2.93. The maximum atomic E-state index is 10.8. The van der Waals surface area contributed by atoms with Crippen molar-refractivity contribution >= 4 is 23.0 Å². The topological polar surface area (TPSA) is 41.1 Å². The lowest BCUT2D eigenvalue weighted by atomic mass is 10.4. The van der Waals surface area contributed by atoms with Gasteiger partial charge in [-0.1, -0.05) is 0 Å². The van der Waals surface area contributed by atoms with Crippen molar-refractivity contribution in [1.29, 1.82) is 0 Å². The van der Waals surface area contributed by atoms with E-state index < -0.39 is 0 Å². The van der Waals surface area contributed by atoms with Gasteiger partial charge in [0.05, 0.1) is 0 Å². The van der Waals surface area contributed by atoms with Crippen LogP contribution < -0.4 is 10.6 Å². The smallest absolute Gasteiger partial charge is 0.315 e. The number of rotatable bonds is 2. The molecule has 0 radical (unpaired) electrons. The number of nitrogens with one attached hydrogen (secondary N) is 2. The van der Waals surface area contributed by atoms with Gasteiger partial charge >= 0.3 is 6.03 Å². The summed E-state index contributed by atoms with van der Waals surface area (Å²) in [5.74, 6) is 0. The predicted octanol–water partition coefficient (Wildman–Crippen LogP) is 1.68. The Balaban J connectivity index is 0. The third kappa shape index (κ3) is 9.75. The fraction of sp³-hybridized carbons (Fsp3) is 0.857. The largest absolute Gasteiger partial charge is 0.336 e. The highest BCUT2D eigenvalue weighted by atomic mass is 79.9. The number of carbonyl (C=O) groups excluding carboxylic acids is 1. The second kappa shape index (κ2) is 6.46. The van der Waals surface area contributed by atoms with Crippen LogP contribution in [0.4, 0.5) is 4.79 Å². The van der Waals surface area contributed by atoms with Crippen LogP contribution in [-0.4, -0.2) is 18.1 Å². The molecule has 2 amide bonds. The van der Waals surface area contributed by atoms with Crippen molar-refractivity contribution in [2.24, 2.45) is 0 Å². The van der Waals surface area contributed by atoms with Crippen LogP contribution in [0.25, 0.3) is 0 Å². The molecule has 0 bridgehead atoms. The SMILES string of the molecule is Br.CC(C)NC(=O)NC(C)C. The molecule has 0 saturated heterocycles. The summed E-state index contributed by atoms with van der Waals surface area (Å²) in [6, 6.07) is 0.322. The Morgan fingerprint density at radius 2 is 1.27 bits per heavy atom. The van der Waals surface area contributed by atoms with E-state index >= 15 is 0 Å². The highest BCUT2D eigenvalue weighted by Crippen LogP contribution is 1.79. The summed E-state index contributed by atoms with van der Waals surface area (Å²) in [7, 11) is 0. The van der Waals surface area contributed by atoms with Crippen LogP contribution >= 0.6 is 17.0 Å². The van der Waals surface area contributed by atoms with Crippen LogP contribution in [0.1, 0.15) is 27.7 Å². The van der Waals surface area contributed by atoms with Gasteiger partial charge in [-0.05, 0) is 27.7 Å². The molecule has 0 unspecified atom stereocenters. The average Bonchev–Trinajstić information content (AvgIpc) is 1.58. The first-order chi connectivity index (χ1) is 4.52. The molecule has 0 aromatic heterocycles. The molecule has 0 heterocycles. The van der Waals surface area contributed by atoms with Crippen LogP contribution in [0.2, 0.25) is 0 Å². The molecule has 0 aliphatic rings. The van der Waals surface area contributed by atoms with Gasteiger partial charge in [-0.15, -0.1) is 17.0 Å². The number of urea groups is 1. The average molecular weight is 225 g/mol. The van der Waals surface area contributed by atoms with Crippen molar-refractivity contribution in [3.63, 3.8) is 0 Å². The molecular formula is C7H17BrN2O. The zero-order valence-electron chi connectivity index (χ0n) is 7.47. The molecule has 0 aromatic rings. The third-order valence-electron chi connectivity index (χ3n) is 0.840. The lowest BCUT2D eigenvalue weighted by Gasteiger charge is -2.11. The van der Waals surface area contributed by atoms with Gasteiger partial charge in [-0.25, -0.2) is 4.79 Å². The van der Waals surface area contributed by atoms with Crippen LogP contribution in [0, 0.1) is 0 Å². The van der Waals surface area contributed by atoms with Gasteiger partial charge in [0.1, 0.15) is 0 Å². The van der Waals surface area contributed by atoms with E-state index in [1.54, 1.807) is 0 Å². The molecule has 0 rings (SSSR count). The number of halogens is 1. The summed E-state index contributed by atoms with van der Waals surface area (Å²) in [5.41, 5.74) is 0. The molecule has 0 saturated carbocycles. The molecular weight excluding hydrogens is 208 g/mol. The highest BCUT2D eigenvalue weighted by molar-refractivity contribution is 8.93. The molecule has 2 N–H and O–H groups in total. The third-order valence-corrected chi connectivity index (χ3v) is 0.840. The molecule has 0 aliphatic carbocycles. The molecule has 0 aromatic carbocycles. The number of amides is 2. The van der Waals surface area contributed by atoms with E-state index in [0.717, 1.165) is 0 Å². The minimum atomic E-state index is -0.0926. The van der Waals surface area contributed by atoms with E-state index in [-0.39, 0.29) is 35.1 Å². The molecule has 68 valence electrons. The minimum Gasteiger partial charge on any atom is -0.336 e. The summed E-state index contributed by atoms with van der Waals surface area (Å²) in [6.07, 6.45) is 0. The van der Waals surface area contributed by atoms with E-state index in [1.807, 2.05) is 27.7 Å². The normalized spacial score (nSPS) is 9.27. The van der Waals surface area contributed by atoms with Crippen molar-refractivity contribution in [2.75, 3.05) is 0 Å². The fourth-order valence-electron chi connectivity index (χ4n) is 0.566. The van der Waals surface area contributed by atoms with Crippen molar-refractivity contribution in [3.05, 3.63) is 0 Å². The van der Waals surface area contributed by atoms with Gasteiger partial charge in [0.2, 0.25) is 0 Å². The molecule has 0 spiro atoms. The predicted molar refractivity (Wildman–Crippen MR) is 52.3 cm³/mol. The zero-order chi connectivity index (χ0) is 8.15. The van der Waals surface area contributed by atoms with Crippen LogP contribution in [0.15, 0.2) is 0 Å². The van der Waals surface area contributed by atoms with Crippen molar-refractivity contribution in [2.45, 2.75) is 39.8 Å². The first-order valence-electron chi connectivity index (χ1n) is 3.59. The van der Waals surface area contributed by atoms with Crippen LogP contribution in [-0.2, 0) is 0 Å². The molecule has 3 nitrogen and oxygen atoms in total. The number of hydrogen-bond donors (Lipinski definition) is 2. The Bertz CT molecular complexity index is 103. The molecule has 0 aliphatic heterocycles. The standard InChI is InChI=1S/C7H16N2O.BrH/c1-5(2)8-7(10)9-6(3)4;/h5-6H,1-4H3,(H2,8,9,10);1H. The summed E-state index contributed by atoms with van der Waals surface area (Å²) in [5, 5.41) is 5.45. The van der Waals surface area contributed by atoms with Gasteiger partial charge in [-0.2, -0.15) is 0 Å². The number of hydrogen-bond acceptors (Lipinski definition) is 1. The summed E-state index contributed by atoms with van der Waals surface area (Å²) >= 11 is 0. The Kier molecular flexibility index (Phi) is 7.84. The van der Waals surface area contributed by atoms with Crippen molar-refractivity contribution in [1.82, 2.24) is 10.6 Å². The van der Waals surface area contributed by atoms with E-state index in [2.05, 4.69) is 10.6 Å². The van der Waals surface area contributed by atoms with Crippen LogP contribution in [0.3, 0.4) is 0 Å². The minimum absolute atomic E-state index is 0. The lowest BCUT2D eigenvalue weighted by Crippen LogP contribution is -2.42. The van der Waals surface area contributed by atoms with Crippen LogP contribution in [0.5, 0.6) is 0 Å². The zero-order valence-corrected chi connectivity index (χ0v) is 9.18. The van der Waals surface area contributed by atoms with Gasteiger partial charge in [-0.3, -0.25) is 0 Å². The molecule has 4 heteroatoms. The monoisotopic (exact) mass is 224 g/mol. The van der Waals surface area contributed by atoms with Crippen molar-refractivity contribution < 1.29 is 4.79 Å². The van der Waals surface area contributed by atoms with Crippen molar-refractivity contribution in [3.8, 4) is 0 Å². The summed E-state index contributed by atoms with van der Waals surface area (Å²) < 4.78 is 0. The van der Waals surface area contributed by atoms with Gasteiger partial charge in [0.15, 0.2) is 0 Å². The van der Waals surface area contributed by atoms with E-state index in [9.17, 15) is 4.79 Å². The van der Waals surface area contributed by atoms with Gasteiger partial charge < -0.3 is 10.6 Å². The Labute approximate surface area is 78.7 Å². The van der Waals surface area contributed by atoms with E-state index in [1.165, 1.54) is 0 Å². The lowest BCUT2D eigenvalue weighted by molar-refractivity contribution is 0.236. The van der Waals surface area contributed by atoms with Gasteiger partial charge in [0, 0.05) is 12.1 Å². The molecule has 0 atom stereocenters. The molecule has 0 fully saturated rings. The summed E-state index contributed by atoms with van der Waals surface area (Å²) in [6.45, 7) is 7.72. The first kappa shape index (κ1) is 13.3. The Hall–Kier alpha value is -0.250. The summed E-state index contributed by atoms with van der Waals surface area (Å²) in [4.78, 5) is 10.8. The highest BCUT2D eigenvalue weighted by Gasteiger charge is 2.02. The molecule has 11 heavy (non-hydrogen) atoms. The fourth-order valence-corrected chi connectivity index (χ4v) is 0.566. The maximum Gasteiger partial charge on any atom is 0.315 e. The Morgan fingerprint density at radius 1 is 1.00 bits per heavy atom. The quantitative estimate of drug-likeness (QED) is 0.737. The maximum absolute atomic E-state index is 10.8. The van der Waals surface area contributed by atoms with E-state index in [4.69, 9.17) is 0 Å². The van der Waals surface area contributed by atoms with Gasteiger partial charge in [0.25, 0.3) is 0 Å². The first-order valence-corrected chi connectivity index (χ1v) is 3.59. The van der Waals surface area contributed by atoms with E-state index in [0.29, 0.717) is 0 Å². The Morgan fingerprint density at radius 3 is 1.45 bits per heavy atom.